The van der Waals surface area contributed by atoms with Crippen LogP contribution in [0.5, 0.6) is 0 Å². The Bertz CT molecular complexity index is 885. The molecule has 30 heavy (non-hydrogen) atoms. The third kappa shape index (κ3) is 3.60. The maximum absolute atomic E-state index is 13.0. The van der Waals surface area contributed by atoms with Gasteiger partial charge in [0.1, 0.15) is 6.29 Å². The maximum atomic E-state index is 13.0. The number of nitrogens with two attached hydrogens (primary N) is 1. The fourth-order valence-corrected chi connectivity index (χ4v) is 5.44. The number of nitrogens with zero attached hydrogens (tertiary/aromatic N) is 2. The molecule has 4 rings (SSSR count). The average Bonchev–Trinajstić information content (AvgIpc) is 2.91. The van der Waals surface area contributed by atoms with E-state index in [1.54, 1.807) is 18.2 Å². The van der Waals surface area contributed by atoms with E-state index >= 15 is 0 Å². The summed E-state index contributed by atoms with van der Waals surface area (Å²) in [6, 6.07) is 4.12. The molecule has 3 N–H and O–H groups in total. The van der Waals surface area contributed by atoms with Crippen LogP contribution in [0.1, 0.15) is 52.8 Å². The number of primary amides is 1. The molecule has 1 atom stereocenters. The van der Waals surface area contributed by atoms with Crippen molar-refractivity contribution in [2.75, 3.05) is 32.0 Å². The Labute approximate surface area is 175 Å². The van der Waals surface area contributed by atoms with Crippen molar-refractivity contribution in [2.24, 2.45) is 17.1 Å². The molecule has 1 spiro atoms. The lowest BCUT2D eigenvalue weighted by molar-refractivity contribution is -0.118. The minimum atomic E-state index is -0.996. The third-order valence-corrected chi connectivity index (χ3v) is 6.64. The van der Waals surface area contributed by atoms with Crippen LogP contribution in [0.3, 0.4) is 0 Å². The van der Waals surface area contributed by atoms with E-state index in [9.17, 15) is 19.2 Å². The minimum absolute atomic E-state index is 0.0334. The van der Waals surface area contributed by atoms with Crippen molar-refractivity contribution in [3.8, 4) is 0 Å². The summed E-state index contributed by atoms with van der Waals surface area (Å²) in [5.74, 6) is -0.882. The Hall–Kier alpha value is -2.74. The molecule has 0 aromatic heterocycles. The van der Waals surface area contributed by atoms with Gasteiger partial charge in [0.2, 0.25) is 5.91 Å². The van der Waals surface area contributed by atoms with Crippen molar-refractivity contribution in [1.82, 2.24) is 9.80 Å². The van der Waals surface area contributed by atoms with Gasteiger partial charge in [0.05, 0.1) is 17.2 Å². The van der Waals surface area contributed by atoms with Gasteiger partial charge in [-0.3, -0.25) is 19.3 Å². The number of fused-ring (bicyclic) bond motifs is 1. The zero-order valence-electron chi connectivity index (χ0n) is 17.2. The van der Waals surface area contributed by atoms with Crippen LogP contribution < -0.4 is 11.1 Å². The number of hydrogen-bond acceptors (Lipinski definition) is 6. The summed E-state index contributed by atoms with van der Waals surface area (Å²) in [5, 5.41) is 3.32. The molecule has 1 aromatic rings. The zero-order chi connectivity index (χ0) is 21.5. The maximum Gasteiger partial charge on any atom is 0.264 e. The van der Waals surface area contributed by atoms with Gasteiger partial charge in [0.15, 0.2) is 0 Å². The molecule has 8 nitrogen and oxygen atoms in total. The largest absolute Gasteiger partial charge is 0.384 e. The van der Waals surface area contributed by atoms with E-state index in [2.05, 4.69) is 17.3 Å². The van der Waals surface area contributed by atoms with Crippen molar-refractivity contribution in [3.63, 3.8) is 0 Å². The number of anilines is 1. The molecule has 1 unspecified atom stereocenters. The van der Waals surface area contributed by atoms with Gasteiger partial charge >= 0.3 is 0 Å². The van der Waals surface area contributed by atoms with Crippen LogP contribution in [0.4, 0.5) is 5.69 Å². The number of likely N-dealkylation sites (tertiary alicyclic amines) is 1. The Morgan fingerprint density at radius 1 is 1.30 bits per heavy atom. The standard InChI is InChI=1S/C22H28N4O4/c1-25-12-22(13-25)9-14(10-22)7-8-24-17-4-2-3-16-19(17)21(30)26(20(16)29)15(11-27)5-6-18(23)28/h2-4,11,14-15,24H,5-10,12-13H2,1H3,(H2,23,28). The summed E-state index contributed by atoms with van der Waals surface area (Å²) in [4.78, 5) is 51.6. The SMILES string of the molecule is CN1CC2(CC(CCNc3cccc4c3C(=O)N(C(C=O)CCC(N)=O)C4=O)C2)C1. The summed E-state index contributed by atoms with van der Waals surface area (Å²) in [7, 11) is 2.15. The number of carbonyl (C=O) groups is 4. The van der Waals surface area contributed by atoms with Crippen LogP contribution in [0.15, 0.2) is 18.2 Å². The van der Waals surface area contributed by atoms with Gasteiger partial charge in [0, 0.05) is 31.7 Å². The van der Waals surface area contributed by atoms with Crippen molar-refractivity contribution in [3.05, 3.63) is 29.3 Å². The number of aldehydes is 1. The number of imide groups is 1. The second-order valence-electron chi connectivity index (χ2n) is 9.08. The van der Waals surface area contributed by atoms with Gasteiger partial charge < -0.3 is 20.7 Å². The van der Waals surface area contributed by atoms with Crippen LogP contribution in [0, 0.1) is 11.3 Å². The molecule has 1 aliphatic carbocycles. The van der Waals surface area contributed by atoms with E-state index in [-0.39, 0.29) is 18.4 Å². The molecule has 1 aromatic carbocycles. The average molecular weight is 412 g/mol. The van der Waals surface area contributed by atoms with Gasteiger partial charge in [-0.2, -0.15) is 0 Å². The van der Waals surface area contributed by atoms with Crippen LogP contribution in [-0.4, -0.2) is 66.5 Å². The first-order valence-electron chi connectivity index (χ1n) is 10.5. The summed E-state index contributed by atoms with van der Waals surface area (Å²) >= 11 is 0. The molecule has 160 valence electrons. The van der Waals surface area contributed by atoms with E-state index in [4.69, 9.17) is 5.73 Å². The monoisotopic (exact) mass is 412 g/mol. The Morgan fingerprint density at radius 2 is 2.03 bits per heavy atom. The fraction of sp³-hybridized carbons (Fsp3) is 0.545. The summed E-state index contributed by atoms with van der Waals surface area (Å²) < 4.78 is 0. The lowest BCUT2D eigenvalue weighted by Gasteiger charge is -2.58. The van der Waals surface area contributed by atoms with E-state index < -0.39 is 23.8 Å². The lowest BCUT2D eigenvalue weighted by atomic mass is 9.57. The van der Waals surface area contributed by atoms with E-state index in [0.29, 0.717) is 28.9 Å². The number of rotatable bonds is 9. The predicted molar refractivity (Wildman–Crippen MR) is 111 cm³/mol. The first-order chi connectivity index (χ1) is 14.3. The molecule has 3 amide bonds. The summed E-state index contributed by atoms with van der Waals surface area (Å²) in [5.41, 5.74) is 6.90. The molecule has 1 saturated heterocycles. The van der Waals surface area contributed by atoms with Crippen molar-refractivity contribution < 1.29 is 19.2 Å². The highest BCUT2D eigenvalue weighted by atomic mass is 16.2. The molecule has 1 saturated carbocycles. The topological polar surface area (TPSA) is 113 Å². The zero-order valence-corrected chi connectivity index (χ0v) is 17.2. The molecular formula is C22H28N4O4. The predicted octanol–water partition coefficient (Wildman–Crippen LogP) is 1.26. The molecule has 0 bridgehead atoms. The van der Waals surface area contributed by atoms with Gasteiger partial charge in [-0.05, 0) is 56.2 Å². The molecule has 3 aliphatic rings. The van der Waals surface area contributed by atoms with Crippen molar-refractivity contribution in [2.45, 2.75) is 38.1 Å². The lowest BCUT2D eigenvalue weighted by Crippen LogP contribution is -2.60. The molecule has 0 radical (unpaired) electrons. The number of amides is 3. The van der Waals surface area contributed by atoms with Crippen LogP contribution >= 0.6 is 0 Å². The highest BCUT2D eigenvalue weighted by Gasteiger charge is 2.50. The Morgan fingerprint density at radius 3 is 2.67 bits per heavy atom. The second-order valence-corrected chi connectivity index (χ2v) is 9.08. The van der Waals surface area contributed by atoms with Crippen LogP contribution in [-0.2, 0) is 9.59 Å². The van der Waals surface area contributed by atoms with E-state index in [1.165, 1.54) is 25.9 Å². The number of hydrogen-bond donors (Lipinski definition) is 2. The van der Waals surface area contributed by atoms with Gasteiger partial charge in [-0.25, -0.2) is 0 Å². The highest BCUT2D eigenvalue weighted by molar-refractivity contribution is 6.24. The van der Waals surface area contributed by atoms with Crippen molar-refractivity contribution in [1.29, 1.82) is 0 Å². The van der Waals surface area contributed by atoms with E-state index in [0.717, 1.165) is 17.9 Å². The number of nitrogens with one attached hydrogen (secondary N) is 1. The van der Waals surface area contributed by atoms with Crippen molar-refractivity contribution >= 4 is 29.7 Å². The van der Waals surface area contributed by atoms with E-state index in [1.807, 2.05) is 0 Å². The molecule has 2 heterocycles. The third-order valence-electron chi connectivity index (χ3n) is 6.64. The summed E-state index contributed by atoms with van der Waals surface area (Å²) in [6.45, 7) is 3.12. The fourth-order valence-electron chi connectivity index (χ4n) is 5.44. The van der Waals surface area contributed by atoms with Gasteiger partial charge in [-0.15, -0.1) is 0 Å². The van der Waals surface area contributed by atoms with Gasteiger partial charge in [0.25, 0.3) is 11.8 Å². The van der Waals surface area contributed by atoms with Crippen LogP contribution in [0.2, 0.25) is 0 Å². The Balaban J connectivity index is 1.39. The summed E-state index contributed by atoms with van der Waals surface area (Å²) in [6.07, 6.45) is 4.04. The van der Waals surface area contributed by atoms with Gasteiger partial charge in [-0.1, -0.05) is 6.07 Å². The number of benzene rings is 1. The molecule has 8 heteroatoms. The molecule has 2 fully saturated rings. The second kappa shape index (κ2) is 7.83. The smallest absolute Gasteiger partial charge is 0.264 e. The first-order valence-corrected chi connectivity index (χ1v) is 10.5. The quantitative estimate of drug-likeness (QED) is 0.466. The van der Waals surface area contributed by atoms with Crippen LogP contribution in [0.25, 0.3) is 0 Å². The molecule has 2 aliphatic heterocycles. The minimum Gasteiger partial charge on any atom is -0.384 e. The molecular weight excluding hydrogens is 384 g/mol. The normalized spacial score (nSPS) is 21.2. The highest BCUT2D eigenvalue weighted by Crippen LogP contribution is 2.52. The Kier molecular flexibility index (Phi) is 5.36. The number of carbonyl (C=O) groups excluding carboxylic acids is 4. The first kappa shape index (κ1) is 20.5.